The largest absolute Gasteiger partial charge is 0.310 e. The molecule has 0 unspecified atom stereocenters. The molecule has 2 rings (SSSR count). The number of rotatable bonds is 3. The number of hydrogen-bond acceptors (Lipinski definition) is 2. The van der Waals surface area contributed by atoms with Crippen LogP contribution in [-0.4, -0.2) is 10.9 Å². The fraction of sp³-hybridized carbons (Fsp3) is 0.143. The Bertz CT molecular complexity index is 552. The van der Waals surface area contributed by atoms with E-state index in [0.29, 0.717) is 12.2 Å². The van der Waals surface area contributed by atoms with Gasteiger partial charge in [0.25, 0.3) is 0 Å². The number of aromatic nitrogens is 1. The fourth-order valence-electron chi connectivity index (χ4n) is 1.58. The molecule has 3 nitrogen and oxygen atoms in total. The average Bonchev–Trinajstić information content (AvgIpc) is 2.35. The van der Waals surface area contributed by atoms with E-state index in [2.05, 4.69) is 26.2 Å². The Labute approximate surface area is 114 Å². The van der Waals surface area contributed by atoms with E-state index in [-0.39, 0.29) is 5.91 Å². The number of anilines is 1. The molecule has 2 aromatic rings. The van der Waals surface area contributed by atoms with Crippen LogP contribution >= 0.6 is 15.9 Å². The first-order chi connectivity index (χ1) is 8.65. The predicted octanol–water partition coefficient (Wildman–Crippen LogP) is 3.33. The molecule has 0 saturated heterocycles. The van der Waals surface area contributed by atoms with E-state index in [1.807, 2.05) is 43.3 Å². The smallest absolute Gasteiger partial charge is 0.229 e. The maximum atomic E-state index is 11.9. The highest BCUT2D eigenvalue weighted by Gasteiger charge is 2.06. The quantitative estimate of drug-likeness (QED) is 0.945. The highest BCUT2D eigenvalue weighted by Crippen LogP contribution is 2.13. The van der Waals surface area contributed by atoms with Gasteiger partial charge in [-0.1, -0.05) is 34.1 Å². The summed E-state index contributed by atoms with van der Waals surface area (Å²) in [5, 5.41) is 2.81. The van der Waals surface area contributed by atoms with E-state index in [9.17, 15) is 4.79 Å². The Balaban J connectivity index is 2.01. The summed E-state index contributed by atoms with van der Waals surface area (Å²) in [6.45, 7) is 1.92. The van der Waals surface area contributed by atoms with Gasteiger partial charge in [0.2, 0.25) is 5.91 Å². The summed E-state index contributed by atoms with van der Waals surface area (Å²) in [5.74, 6) is 0.568. The van der Waals surface area contributed by atoms with Gasteiger partial charge in [0.05, 0.1) is 6.42 Å². The van der Waals surface area contributed by atoms with Crippen LogP contribution in [0.2, 0.25) is 0 Å². The lowest BCUT2D eigenvalue weighted by Crippen LogP contribution is -2.16. The molecule has 18 heavy (non-hydrogen) atoms. The standard InChI is InChI=1S/C14H13BrN2O/c1-10-3-2-8-16-14(10)17-13(18)9-11-4-6-12(15)7-5-11/h2-8H,9H2,1H3,(H,16,17,18). The summed E-state index contributed by atoms with van der Waals surface area (Å²) in [6, 6.07) is 11.5. The highest BCUT2D eigenvalue weighted by atomic mass is 79.9. The number of carbonyl (C=O) groups is 1. The number of nitrogens with one attached hydrogen (secondary N) is 1. The van der Waals surface area contributed by atoms with Crippen molar-refractivity contribution < 1.29 is 4.79 Å². The van der Waals surface area contributed by atoms with Gasteiger partial charge < -0.3 is 5.32 Å². The Morgan fingerprint density at radius 3 is 2.67 bits per heavy atom. The number of amides is 1. The molecule has 0 radical (unpaired) electrons. The van der Waals surface area contributed by atoms with Crippen LogP contribution in [0.3, 0.4) is 0 Å². The van der Waals surface area contributed by atoms with Gasteiger partial charge in [0.1, 0.15) is 5.82 Å². The number of hydrogen-bond donors (Lipinski definition) is 1. The number of nitrogens with zero attached hydrogens (tertiary/aromatic N) is 1. The predicted molar refractivity (Wildman–Crippen MR) is 75.4 cm³/mol. The van der Waals surface area contributed by atoms with E-state index in [0.717, 1.165) is 15.6 Å². The second kappa shape index (κ2) is 5.78. The maximum absolute atomic E-state index is 11.9. The Kier molecular flexibility index (Phi) is 4.10. The number of benzene rings is 1. The molecular formula is C14H13BrN2O. The SMILES string of the molecule is Cc1cccnc1NC(=O)Cc1ccc(Br)cc1. The molecular weight excluding hydrogens is 292 g/mol. The topological polar surface area (TPSA) is 42.0 Å². The third-order valence-electron chi connectivity index (χ3n) is 2.55. The Morgan fingerprint density at radius 2 is 2.00 bits per heavy atom. The van der Waals surface area contributed by atoms with Crippen LogP contribution < -0.4 is 5.32 Å². The molecule has 4 heteroatoms. The summed E-state index contributed by atoms with van der Waals surface area (Å²) in [7, 11) is 0. The molecule has 0 fully saturated rings. The van der Waals surface area contributed by atoms with E-state index in [1.54, 1.807) is 6.20 Å². The van der Waals surface area contributed by atoms with Crippen LogP contribution in [-0.2, 0) is 11.2 Å². The van der Waals surface area contributed by atoms with Crippen molar-refractivity contribution in [3.8, 4) is 0 Å². The van der Waals surface area contributed by atoms with Crippen molar-refractivity contribution in [2.45, 2.75) is 13.3 Å². The Morgan fingerprint density at radius 1 is 1.28 bits per heavy atom. The van der Waals surface area contributed by atoms with Gasteiger partial charge in [-0.2, -0.15) is 0 Å². The van der Waals surface area contributed by atoms with Gasteiger partial charge >= 0.3 is 0 Å². The highest BCUT2D eigenvalue weighted by molar-refractivity contribution is 9.10. The number of carbonyl (C=O) groups excluding carboxylic acids is 1. The van der Waals surface area contributed by atoms with Crippen molar-refractivity contribution in [3.05, 3.63) is 58.2 Å². The van der Waals surface area contributed by atoms with Gasteiger partial charge in [0, 0.05) is 10.7 Å². The lowest BCUT2D eigenvalue weighted by molar-refractivity contribution is -0.115. The van der Waals surface area contributed by atoms with Gasteiger partial charge in [-0.05, 0) is 36.2 Å². The third-order valence-corrected chi connectivity index (χ3v) is 3.07. The monoisotopic (exact) mass is 304 g/mol. The van der Waals surface area contributed by atoms with Crippen molar-refractivity contribution in [1.82, 2.24) is 4.98 Å². The zero-order chi connectivity index (χ0) is 13.0. The lowest BCUT2D eigenvalue weighted by atomic mass is 10.1. The molecule has 0 aliphatic heterocycles. The molecule has 0 atom stereocenters. The first kappa shape index (κ1) is 12.8. The van der Waals surface area contributed by atoms with Crippen molar-refractivity contribution in [1.29, 1.82) is 0 Å². The first-order valence-electron chi connectivity index (χ1n) is 5.61. The minimum absolute atomic E-state index is 0.0564. The fourth-order valence-corrected chi connectivity index (χ4v) is 1.84. The minimum atomic E-state index is -0.0564. The van der Waals surface area contributed by atoms with Crippen LogP contribution in [0, 0.1) is 6.92 Å². The molecule has 0 aliphatic rings. The van der Waals surface area contributed by atoms with Crippen LogP contribution in [0.4, 0.5) is 5.82 Å². The molecule has 0 spiro atoms. The summed E-state index contributed by atoms with van der Waals surface area (Å²) in [6.07, 6.45) is 2.02. The Hall–Kier alpha value is -1.68. The van der Waals surface area contributed by atoms with Crippen LogP contribution in [0.1, 0.15) is 11.1 Å². The molecule has 1 aromatic carbocycles. The molecule has 0 saturated carbocycles. The molecule has 0 aliphatic carbocycles. The van der Waals surface area contributed by atoms with Crippen molar-refractivity contribution in [3.63, 3.8) is 0 Å². The zero-order valence-electron chi connectivity index (χ0n) is 9.98. The zero-order valence-corrected chi connectivity index (χ0v) is 11.6. The summed E-state index contributed by atoms with van der Waals surface area (Å²) >= 11 is 3.36. The summed E-state index contributed by atoms with van der Waals surface area (Å²) < 4.78 is 1.01. The van der Waals surface area contributed by atoms with E-state index < -0.39 is 0 Å². The number of pyridine rings is 1. The maximum Gasteiger partial charge on any atom is 0.229 e. The van der Waals surface area contributed by atoms with Gasteiger partial charge in [-0.15, -0.1) is 0 Å². The number of aryl methyl sites for hydroxylation is 1. The molecule has 0 bridgehead atoms. The number of halogens is 1. The average molecular weight is 305 g/mol. The van der Waals surface area contributed by atoms with E-state index >= 15 is 0 Å². The normalized spacial score (nSPS) is 10.1. The second-order valence-electron chi connectivity index (χ2n) is 4.02. The van der Waals surface area contributed by atoms with Gasteiger partial charge in [-0.25, -0.2) is 4.98 Å². The molecule has 1 heterocycles. The van der Waals surface area contributed by atoms with Gasteiger partial charge in [-0.3, -0.25) is 4.79 Å². The summed E-state index contributed by atoms with van der Waals surface area (Å²) in [5.41, 5.74) is 1.94. The third kappa shape index (κ3) is 3.40. The van der Waals surface area contributed by atoms with Crippen LogP contribution in [0.15, 0.2) is 47.1 Å². The molecule has 1 aromatic heterocycles. The van der Waals surface area contributed by atoms with E-state index in [4.69, 9.17) is 0 Å². The van der Waals surface area contributed by atoms with E-state index in [1.165, 1.54) is 0 Å². The van der Waals surface area contributed by atoms with Crippen LogP contribution in [0.25, 0.3) is 0 Å². The summed E-state index contributed by atoms with van der Waals surface area (Å²) in [4.78, 5) is 16.0. The van der Waals surface area contributed by atoms with Crippen molar-refractivity contribution in [2.75, 3.05) is 5.32 Å². The molecule has 1 amide bonds. The second-order valence-corrected chi connectivity index (χ2v) is 4.94. The first-order valence-corrected chi connectivity index (χ1v) is 6.40. The molecule has 92 valence electrons. The van der Waals surface area contributed by atoms with Gasteiger partial charge in [0.15, 0.2) is 0 Å². The van der Waals surface area contributed by atoms with Crippen molar-refractivity contribution >= 4 is 27.7 Å². The lowest BCUT2D eigenvalue weighted by Gasteiger charge is -2.06. The van der Waals surface area contributed by atoms with Crippen LogP contribution in [0.5, 0.6) is 0 Å². The van der Waals surface area contributed by atoms with Crippen molar-refractivity contribution in [2.24, 2.45) is 0 Å². The minimum Gasteiger partial charge on any atom is -0.310 e. The molecule has 1 N–H and O–H groups in total.